The van der Waals surface area contributed by atoms with Crippen LogP contribution in [0.3, 0.4) is 0 Å². The van der Waals surface area contributed by atoms with Gasteiger partial charge in [0.25, 0.3) is 5.91 Å². The predicted molar refractivity (Wildman–Crippen MR) is 105 cm³/mol. The molecule has 0 saturated carbocycles. The molecular weight excluding hydrogens is 379 g/mol. The van der Waals surface area contributed by atoms with Crippen LogP contribution < -0.4 is 9.47 Å². The van der Waals surface area contributed by atoms with E-state index in [2.05, 4.69) is 4.98 Å². The third-order valence-corrected chi connectivity index (χ3v) is 5.84. The lowest BCUT2D eigenvalue weighted by Crippen LogP contribution is -2.35. The van der Waals surface area contributed by atoms with Crippen LogP contribution >= 0.6 is 11.3 Å². The summed E-state index contributed by atoms with van der Waals surface area (Å²) in [6.45, 7) is 1.09. The second kappa shape index (κ2) is 7.59. The lowest BCUT2D eigenvalue weighted by molar-refractivity contribution is 0.0739. The van der Waals surface area contributed by atoms with E-state index in [1.54, 1.807) is 37.3 Å². The van der Waals surface area contributed by atoms with Crippen LogP contribution in [0.2, 0.25) is 0 Å². The molecule has 144 valence electrons. The van der Waals surface area contributed by atoms with Gasteiger partial charge in [0.05, 0.1) is 20.4 Å². The summed E-state index contributed by atoms with van der Waals surface area (Å²) in [6.07, 6.45) is 2.26. The fourth-order valence-corrected chi connectivity index (χ4v) is 4.26. The van der Waals surface area contributed by atoms with E-state index in [0.29, 0.717) is 40.0 Å². The van der Waals surface area contributed by atoms with E-state index >= 15 is 0 Å². The van der Waals surface area contributed by atoms with E-state index in [0.717, 1.165) is 17.5 Å². The molecule has 0 spiro atoms. The normalized spacial score (nSPS) is 13.2. The maximum absolute atomic E-state index is 14.0. The van der Waals surface area contributed by atoms with Crippen LogP contribution in [-0.4, -0.2) is 36.6 Å². The minimum absolute atomic E-state index is 0.0967. The molecule has 4 rings (SSSR count). The van der Waals surface area contributed by atoms with Crippen molar-refractivity contribution in [2.75, 3.05) is 20.8 Å². The Bertz CT molecular complexity index is 1030. The van der Waals surface area contributed by atoms with E-state index < -0.39 is 0 Å². The van der Waals surface area contributed by atoms with E-state index in [4.69, 9.17) is 9.47 Å². The molecule has 5 nitrogen and oxygen atoms in total. The van der Waals surface area contributed by atoms with E-state index in [9.17, 15) is 9.18 Å². The van der Waals surface area contributed by atoms with Crippen molar-refractivity contribution in [1.29, 1.82) is 0 Å². The van der Waals surface area contributed by atoms with Gasteiger partial charge in [-0.25, -0.2) is 9.37 Å². The zero-order chi connectivity index (χ0) is 19.7. The highest BCUT2D eigenvalue weighted by atomic mass is 32.1. The highest BCUT2D eigenvalue weighted by Crippen LogP contribution is 2.34. The minimum atomic E-state index is -0.344. The average molecular weight is 398 g/mol. The first-order chi connectivity index (χ1) is 13.6. The van der Waals surface area contributed by atoms with Gasteiger partial charge in [-0.2, -0.15) is 0 Å². The maximum atomic E-state index is 14.0. The molecule has 2 aromatic carbocycles. The molecule has 7 heteroatoms. The Morgan fingerprint density at radius 3 is 2.57 bits per heavy atom. The number of thiazole rings is 1. The average Bonchev–Trinajstić information content (AvgIpc) is 3.22. The highest BCUT2D eigenvalue weighted by molar-refractivity contribution is 7.16. The van der Waals surface area contributed by atoms with Gasteiger partial charge in [0.2, 0.25) is 0 Å². The predicted octanol–water partition coefficient (Wildman–Crippen LogP) is 4.16. The molecule has 0 fully saturated rings. The maximum Gasteiger partial charge on any atom is 0.265 e. The van der Waals surface area contributed by atoms with Crippen LogP contribution in [-0.2, 0) is 13.0 Å². The van der Waals surface area contributed by atoms with Crippen molar-refractivity contribution in [2.45, 2.75) is 13.0 Å². The summed E-state index contributed by atoms with van der Waals surface area (Å²) in [5, 5.41) is 0.505. The first kappa shape index (κ1) is 18.4. The molecule has 3 aromatic rings. The third-order valence-electron chi connectivity index (χ3n) is 4.83. The van der Waals surface area contributed by atoms with Gasteiger partial charge in [-0.3, -0.25) is 4.79 Å². The summed E-state index contributed by atoms with van der Waals surface area (Å²) in [4.78, 5) is 19.5. The number of hydrogen-bond donors (Lipinski definition) is 0. The number of methoxy groups -OCH3 is 2. The Morgan fingerprint density at radius 2 is 1.86 bits per heavy atom. The number of nitrogens with zero attached hydrogens (tertiary/aromatic N) is 2. The number of amides is 1. The van der Waals surface area contributed by atoms with Gasteiger partial charge in [-0.15, -0.1) is 11.3 Å². The number of carbonyl (C=O) groups excluding carboxylic acids is 1. The molecular formula is C21H19FN2O3S. The van der Waals surface area contributed by atoms with E-state index in [1.165, 1.54) is 23.6 Å². The van der Waals surface area contributed by atoms with Crippen LogP contribution in [0.25, 0.3) is 10.6 Å². The smallest absolute Gasteiger partial charge is 0.265 e. The molecule has 1 aliphatic heterocycles. The Labute approximate surface area is 166 Å². The van der Waals surface area contributed by atoms with Gasteiger partial charge in [-0.05, 0) is 41.8 Å². The number of aromatic nitrogens is 1. The number of rotatable bonds is 4. The van der Waals surface area contributed by atoms with Gasteiger partial charge in [0.15, 0.2) is 11.5 Å². The van der Waals surface area contributed by atoms with Crippen molar-refractivity contribution in [1.82, 2.24) is 9.88 Å². The van der Waals surface area contributed by atoms with Crippen molar-refractivity contribution in [3.63, 3.8) is 0 Å². The molecule has 1 aromatic heterocycles. The molecule has 0 saturated heterocycles. The second-order valence-corrected chi connectivity index (χ2v) is 7.49. The molecule has 0 N–H and O–H groups in total. The monoisotopic (exact) mass is 398 g/mol. The van der Waals surface area contributed by atoms with Gasteiger partial charge >= 0.3 is 0 Å². The van der Waals surface area contributed by atoms with Crippen LogP contribution in [0, 0.1) is 5.82 Å². The summed E-state index contributed by atoms with van der Waals surface area (Å²) in [5.41, 5.74) is 2.60. The first-order valence-electron chi connectivity index (χ1n) is 8.84. The largest absolute Gasteiger partial charge is 0.493 e. The number of halogens is 1. The molecule has 0 radical (unpaired) electrons. The second-order valence-electron chi connectivity index (χ2n) is 6.46. The van der Waals surface area contributed by atoms with Crippen molar-refractivity contribution in [2.24, 2.45) is 0 Å². The molecule has 0 bridgehead atoms. The van der Waals surface area contributed by atoms with Crippen LogP contribution in [0.4, 0.5) is 4.39 Å². The molecule has 0 aliphatic carbocycles. The lowest BCUT2D eigenvalue weighted by Gasteiger charge is -2.29. The number of hydrogen-bond acceptors (Lipinski definition) is 5. The molecule has 0 atom stereocenters. The molecule has 0 unspecified atom stereocenters. The summed E-state index contributed by atoms with van der Waals surface area (Å²) in [6, 6.07) is 10.3. The molecule has 1 aliphatic rings. The zero-order valence-corrected chi connectivity index (χ0v) is 16.4. The Kier molecular flexibility index (Phi) is 5.00. The minimum Gasteiger partial charge on any atom is -0.493 e. The van der Waals surface area contributed by atoms with Gasteiger partial charge in [-0.1, -0.05) is 12.1 Å². The van der Waals surface area contributed by atoms with Crippen LogP contribution in [0.1, 0.15) is 20.8 Å². The van der Waals surface area contributed by atoms with Gasteiger partial charge < -0.3 is 14.4 Å². The standard InChI is InChI=1S/C21H19FN2O3S/c1-26-17-9-13-7-8-24(12-14(13)10-18(17)27-2)21(25)19-11-23-20(28-19)15-5-3-4-6-16(15)22/h3-6,9-11H,7-8,12H2,1-2H3. The Hall–Kier alpha value is -2.93. The number of benzene rings is 2. The number of ether oxygens (including phenoxy) is 2. The van der Waals surface area contributed by atoms with E-state index in [1.807, 2.05) is 12.1 Å². The number of fused-ring (bicyclic) bond motifs is 1. The summed E-state index contributed by atoms with van der Waals surface area (Å²) in [5.74, 6) is 0.900. The summed E-state index contributed by atoms with van der Waals surface area (Å²) in [7, 11) is 3.21. The van der Waals surface area contributed by atoms with Gasteiger partial charge in [0.1, 0.15) is 15.7 Å². The quantitative estimate of drug-likeness (QED) is 0.662. The third kappa shape index (κ3) is 3.33. The summed E-state index contributed by atoms with van der Waals surface area (Å²) >= 11 is 1.21. The zero-order valence-electron chi connectivity index (χ0n) is 15.6. The summed E-state index contributed by atoms with van der Waals surface area (Å²) < 4.78 is 24.7. The molecule has 1 amide bonds. The lowest BCUT2D eigenvalue weighted by atomic mass is 9.98. The molecule has 28 heavy (non-hydrogen) atoms. The van der Waals surface area contributed by atoms with Crippen molar-refractivity contribution in [3.8, 4) is 22.1 Å². The molecule has 2 heterocycles. The van der Waals surface area contributed by atoms with Crippen molar-refractivity contribution < 1.29 is 18.7 Å². The highest BCUT2D eigenvalue weighted by Gasteiger charge is 2.25. The van der Waals surface area contributed by atoms with Gasteiger partial charge in [0, 0.05) is 18.7 Å². The topological polar surface area (TPSA) is 51.7 Å². The van der Waals surface area contributed by atoms with E-state index in [-0.39, 0.29) is 11.7 Å². The SMILES string of the molecule is COc1cc2c(cc1OC)CN(C(=O)c1cnc(-c3ccccc3F)s1)CC2. The fourth-order valence-electron chi connectivity index (χ4n) is 3.34. The fraction of sp³-hybridized carbons (Fsp3) is 0.238. The van der Waals surface area contributed by atoms with Crippen molar-refractivity contribution in [3.05, 3.63) is 64.4 Å². The van der Waals surface area contributed by atoms with Crippen molar-refractivity contribution >= 4 is 17.2 Å². The van der Waals surface area contributed by atoms with Crippen LogP contribution in [0.5, 0.6) is 11.5 Å². The Morgan fingerprint density at radius 1 is 1.14 bits per heavy atom. The number of carbonyl (C=O) groups is 1. The first-order valence-corrected chi connectivity index (χ1v) is 9.66. The van der Waals surface area contributed by atoms with Crippen LogP contribution in [0.15, 0.2) is 42.6 Å². The Balaban J connectivity index is 1.57.